The fraction of sp³-hybridized carbons (Fsp3) is 0.0267. The standard InChI is InChI=1S/C75H43F6N5/c76-74(77,78)50-37-49(38-51(43-50)75(79,80)81)54-31-36-72(85-66-25-13-9-21-57(66)61-41-47(29-34-70(61)85)45-27-32-68-59(39-45)55-19-7-11-23-64(55)83(68)52-15-3-1-4-16-52)63(44-82)73(54)86-67-26-14-10-22-58(67)62-42-48(30-35-71(62)86)46-28-33-69-60(40-46)56-20-8-12-24-65(56)84(69)53-17-5-2-6-18-53/h1-43H. The minimum atomic E-state index is -5.13. The summed E-state index contributed by atoms with van der Waals surface area (Å²) >= 11 is 0. The van der Waals surface area contributed by atoms with Crippen molar-refractivity contribution in [2.45, 2.75) is 12.4 Å². The van der Waals surface area contributed by atoms with Crippen molar-refractivity contribution < 1.29 is 26.3 Å². The zero-order valence-corrected chi connectivity index (χ0v) is 45.3. The molecule has 0 aliphatic carbocycles. The molecule has 11 heteroatoms. The van der Waals surface area contributed by atoms with Crippen molar-refractivity contribution in [2.75, 3.05) is 0 Å². The zero-order valence-electron chi connectivity index (χ0n) is 45.3. The van der Waals surface area contributed by atoms with Gasteiger partial charge in [0.2, 0.25) is 0 Å². The molecule has 0 spiro atoms. The summed E-state index contributed by atoms with van der Waals surface area (Å²) in [5.74, 6) is 0. The van der Waals surface area contributed by atoms with Crippen molar-refractivity contribution in [3.8, 4) is 62.2 Å². The van der Waals surface area contributed by atoms with Gasteiger partial charge in [0.1, 0.15) is 11.6 Å². The second-order valence-electron chi connectivity index (χ2n) is 21.8. The van der Waals surface area contributed by atoms with Crippen LogP contribution in [0.2, 0.25) is 0 Å². The number of halogens is 6. The van der Waals surface area contributed by atoms with Gasteiger partial charge in [-0.2, -0.15) is 31.6 Å². The molecule has 0 aliphatic rings. The number of aromatic nitrogens is 4. The molecule has 410 valence electrons. The Morgan fingerprint density at radius 3 is 0.988 bits per heavy atom. The number of fused-ring (bicyclic) bond motifs is 12. The maximum atomic E-state index is 14.9. The Kier molecular flexibility index (Phi) is 11.2. The summed E-state index contributed by atoms with van der Waals surface area (Å²) in [6, 6.07) is 84.7. The van der Waals surface area contributed by atoms with Crippen molar-refractivity contribution in [3.63, 3.8) is 0 Å². The Balaban J connectivity index is 0.919. The molecule has 0 unspecified atom stereocenters. The van der Waals surface area contributed by atoms with Crippen LogP contribution in [0.25, 0.3) is 143 Å². The van der Waals surface area contributed by atoms with E-state index in [4.69, 9.17) is 0 Å². The van der Waals surface area contributed by atoms with Crippen molar-refractivity contribution in [1.29, 1.82) is 5.26 Å². The van der Waals surface area contributed by atoms with Gasteiger partial charge in [0.15, 0.2) is 0 Å². The van der Waals surface area contributed by atoms with Crippen LogP contribution < -0.4 is 0 Å². The lowest BCUT2D eigenvalue weighted by Crippen LogP contribution is -2.12. The summed E-state index contributed by atoms with van der Waals surface area (Å²) in [5.41, 5.74) is 9.97. The van der Waals surface area contributed by atoms with Crippen molar-refractivity contribution in [1.82, 2.24) is 18.3 Å². The topological polar surface area (TPSA) is 43.5 Å². The number of benzene rings is 12. The number of hydrogen-bond acceptors (Lipinski definition) is 1. The van der Waals surface area contributed by atoms with Gasteiger partial charge in [-0.05, 0) is 149 Å². The van der Waals surface area contributed by atoms with E-state index in [1.807, 2.05) is 143 Å². The lowest BCUT2D eigenvalue weighted by Gasteiger charge is -2.21. The SMILES string of the molecule is N#Cc1c(-n2c3ccccc3c3cc(-c4ccc5c(c4)c4ccccc4n5-c4ccccc4)ccc32)ccc(-c2cc(C(F)(F)F)cc(C(F)(F)F)c2)c1-n1c2ccccc2c2cc(-c3ccc4c(c3)c3ccccc3n4-c3ccccc3)ccc21. The third kappa shape index (κ3) is 7.80. The molecule has 5 nitrogen and oxygen atoms in total. The minimum absolute atomic E-state index is 0.000883. The fourth-order valence-electron chi connectivity index (χ4n) is 13.3. The summed E-state index contributed by atoms with van der Waals surface area (Å²) in [6.07, 6.45) is -10.3. The first-order valence-electron chi connectivity index (χ1n) is 28.0. The summed E-state index contributed by atoms with van der Waals surface area (Å²) in [4.78, 5) is 0. The first kappa shape index (κ1) is 50.6. The first-order valence-corrected chi connectivity index (χ1v) is 28.0. The number of nitriles is 1. The highest BCUT2D eigenvalue weighted by Gasteiger charge is 2.38. The molecule has 0 radical (unpaired) electrons. The van der Waals surface area contributed by atoms with Crippen LogP contribution in [0.1, 0.15) is 16.7 Å². The maximum Gasteiger partial charge on any atom is 0.416 e. The Hall–Kier alpha value is -11.1. The van der Waals surface area contributed by atoms with E-state index in [2.05, 4.69) is 112 Å². The molecule has 16 aromatic rings. The Labute approximate surface area is 486 Å². The molecule has 12 aromatic carbocycles. The maximum absolute atomic E-state index is 14.9. The molecular formula is C75H43F6N5. The molecule has 0 saturated heterocycles. The van der Waals surface area contributed by atoms with Crippen molar-refractivity contribution in [2.24, 2.45) is 0 Å². The Morgan fingerprint density at radius 2 is 0.605 bits per heavy atom. The third-order valence-corrected chi connectivity index (χ3v) is 17.0. The zero-order chi connectivity index (χ0) is 58.2. The predicted octanol–water partition coefficient (Wildman–Crippen LogP) is 21.0. The van der Waals surface area contributed by atoms with Gasteiger partial charge in [0, 0.05) is 60.0 Å². The van der Waals surface area contributed by atoms with E-state index < -0.39 is 23.5 Å². The second kappa shape index (κ2) is 19.0. The summed E-state index contributed by atoms with van der Waals surface area (Å²) < 4.78 is 97.5. The van der Waals surface area contributed by atoms with E-state index in [0.717, 1.165) is 122 Å². The number of nitrogens with zero attached hydrogens (tertiary/aromatic N) is 5. The highest BCUT2D eigenvalue weighted by molar-refractivity contribution is 6.15. The number of alkyl halides is 6. The summed E-state index contributed by atoms with van der Waals surface area (Å²) in [5, 5.41) is 19.4. The first-order chi connectivity index (χ1) is 41.9. The average Bonchev–Trinajstić information content (AvgIpc) is 1.63. The van der Waals surface area contributed by atoms with Gasteiger partial charge in [0.25, 0.3) is 0 Å². The van der Waals surface area contributed by atoms with Gasteiger partial charge in [0.05, 0.1) is 66.6 Å². The second-order valence-corrected chi connectivity index (χ2v) is 21.8. The van der Waals surface area contributed by atoms with Gasteiger partial charge >= 0.3 is 12.4 Å². The molecule has 0 atom stereocenters. The van der Waals surface area contributed by atoms with Crippen LogP contribution in [0.5, 0.6) is 0 Å². The predicted molar refractivity (Wildman–Crippen MR) is 335 cm³/mol. The molecule has 0 amide bonds. The quantitative estimate of drug-likeness (QED) is 0.147. The molecule has 16 rings (SSSR count). The van der Waals surface area contributed by atoms with E-state index in [-0.39, 0.29) is 28.4 Å². The van der Waals surface area contributed by atoms with Crippen LogP contribution in [-0.4, -0.2) is 18.3 Å². The van der Waals surface area contributed by atoms with E-state index >= 15 is 0 Å². The molecule has 0 bridgehead atoms. The van der Waals surface area contributed by atoms with Crippen LogP contribution in [0.15, 0.2) is 261 Å². The largest absolute Gasteiger partial charge is 0.416 e. The minimum Gasteiger partial charge on any atom is -0.309 e. The van der Waals surface area contributed by atoms with Crippen LogP contribution in [0, 0.1) is 11.3 Å². The molecule has 0 aliphatic heterocycles. The van der Waals surface area contributed by atoms with Gasteiger partial charge in [-0.25, -0.2) is 0 Å². The number of rotatable bonds is 7. The Morgan fingerprint density at radius 1 is 0.279 bits per heavy atom. The average molecular weight is 1130 g/mol. The lowest BCUT2D eigenvalue weighted by molar-refractivity contribution is -0.143. The van der Waals surface area contributed by atoms with Crippen molar-refractivity contribution in [3.05, 3.63) is 278 Å². The molecule has 4 aromatic heterocycles. The van der Waals surface area contributed by atoms with Crippen LogP contribution in [0.3, 0.4) is 0 Å². The van der Waals surface area contributed by atoms with Gasteiger partial charge < -0.3 is 18.3 Å². The lowest BCUT2D eigenvalue weighted by atomic mass is 9.94. The molecule has 0 fully saturated rings. The third-order valence-electron chi connectivity index (χ3n) is 17.0. The molecule has 4 heterocycles. The van der Waals surface area contributed by atoms with Gasteiger partial charge in [-0.1, -0.05) is 140 Å². The summed E-state index contributed by atoms with van der Waals surface area (Å²) in [6.45, 7) is 0. The Bertz CT molecular complexity index is 5490. The van der Waals surface area contributed by atoms with Crippen LogP contribution in [0.4, 0.5) is 26.3 Å². The number of hydrogen-bond donors (Lipinski definition) is 0. The number of para-hydroxylation sites is 6. The molecule has 0 N–H and O–H groups in total. The van der Waals surface area contributed by atoms with E-state index in [1.165, 1.54) is 0 Å². The normalized spacial score (nSPS) is 12.3. The highest BCUT2D eigenvalue weighted by Crippen LogP contribution is 2.47. The fourth-order valence-corrected chi connectivity index (χ4v) is 13.3. The van der Waals surface area contributed by atoms with E-state index in [0.29, 0.717) is 16.7 Å². The molecule has 86 heavy (non-hydrogen) atoms. The monoisotopic (exact) mass is 1130 g/mol. The van der Waals surface area contributed by atoms with Crippen LogP contribution in [-0.2, 0) is 12.4 Å². The van der Waals surface area contributed by atoms with Gasteiger partial charge in [-0.3, -0.25) is 0 Å². The van der Waals surface area contributed by atoms with E-state index in [9.17, 15) is 31.6 Å². The smallest absolute Gasteiger partial charge is 0.309 e. The van der Waals surface area contributed by atoms with Crippen LogP contribution >= 0.6 is 0 Å². The van der Waals surface area contributed by atoms with Gasteiger partial charge in [-0.15, -0.1) is 0 Å². The molecular weight excluding hydrogens is 1080 g/mol. The highest BCUT2D eigenvalue weighted by atomic mass is 19.4. The van der Waals surface area contributed by atoms with Crippen molar-refractivity contribution >= 4 is 87.2 Å². The summed E-state index contributed by atoms with van der Waals surface area (Å²) in [7, 11) is 0. The van der Waals surface area contributed by atoms with E-state index in [1.54, 1.807) is 12.1 Å². The molecule has 0 saturated carbocycles.